The number of hydrogen-bond acceptors (Lipinski definition) is 5. The number of imide groups is 1. The standard InChI is InChI=1S/C21H16Cl2N2O5/c1-11(26)25(15-9-5-4-7-13(15)22)21(29)18-19(30-12(2)27)17-14(23)8-6-10-16(17)24(3)20(18)28/h4-10H,1-3H3. The van der Waals surface area contributed by atoms with E-state index in [0.29, 0.717) is 5.52 Å². The summed E-state index contributed by atoms with van der Waals surface area (Å²) in [6.45, 7) is 2.29. The Morgan fingerprint density at radius 2 is 1.60 bits per heavy atom. The molecule has 2 aromatic carbocycles. The molecule has 0 N–H and O–H groups in total. The number of carbonyl (C=O) groups is 3. The average Bonchev–Trinajstić information content (AvgIpc) is 2.67. The Labute approximate surface area is 181 Å². The first kappa shape index (κ1) is 21.5. The summed E-state index contributed by atoms with van der Waals surface area (Å²) in [5.74, 6) is -2.74. The molecule has 0 spiro atoms. The summed E-state index contributed by atoms with van der Waals surface area (Å²) < 4.78 is 6.46. The molecule has 3 rings (SSSR count). The fraction of sp³-hybridized carbons (Fsp3) is 0.143. The Hall–Kier alpha value is -3.16. The molecule has 2 amide bonds. The molecule has 154 valence electrons. The number of rotatable bonds is 3. The largest absolute Gasteiger partial charge is 0.425 e. The average molecular weight is 447 g/mol. The molecule has 9 heteroatoms. The van der Waals surface area contributed by atoms with E-state index in [9.17, 15) is 19.2 Å². The zero-order valence-electron chi connectivity index (χ0n) is 16.2. The van der Waals surface area contributed by atoms with Crippen molar-refractivity contribution in [2.24, 2.45) is 7.05 Å². The van der Waals surface area contributed by atoms with E-state index in [4.69, 9.17) is 27.9 Å². The fourth-order valence-electron chi connectivity index (χ4n) is 3.12. The zero-order valence-corrected chi connectivity index (χ0v) is 17.7. The van der Waals surface area contributed by atoms with E-state index in [0.717, 1.165) is 18.7 Å². The second-order valence-corrected chi connectivity index (χ2v) is 7.22. The molecule has 0 aliphatic rings. The molecule has 3 aromatic rings. The molecular formula is C21H16Cl2N2O5. The number of fused-ring (bicyclic) bond motifs is 1. The maximum atomic E-state index is 13.5. The van der Waals surface area contributed by atoms with E-state index in [1.165, 1.54) is 29.8 Å². The van der Waals surface area contributed by atoms with Gasteiger partial charge in [-0.15, -0.1) is 0 Å². The highest BCUT2D eigenvalue weighted by Crippen LogP contribution is 2.35. The summed E-state index contributed by atoms with van der Waals surface area (Å²) >= 11 is 12.5. The third-order valence-electron chi connectivity index (χ3n) is 4.40. The number of esters is 1. The summed E-state index contributed by atoms with van der Waals surface area (Å²) in [6, 6.07) is 10.9. The number of aromatic nitrogens is 1. The van der Waals surface area contributed by atoms with Crippen molar-refractivity contribution in [3.63, 3.8) is 0 Å². The van der Waals surface area contributed by atoms with Crippen LogP contribution in [0.2, 0.25) is 10.0 Å². The maximum absolute atomic E-state index is 13.5. The van der Waals surface area contributed by atoms with Gasteiger partial charge in [-0.1, -0.05) is 41.4 Å². The van der Waals surface area contributed by atoms with E-state index in [1.807, 2.05) is 0 Å². The number of para-hydroxylation sites is 1. The minimum absolute atomic E-state index is 0.0896. The summed E-state index contributed by atoms with van der Waals surface area (Å²) in [5.41, 5.74) is -0.827. The Kier molecular flexibility index (Phi) is 5.96. The number of halogens is 2. The van der Waals surface area contributed by atoms with Crippen molar-refractivity contribution < 1.29 is 19.1 Å². The maximum Gasteiger partial charge on any atom is 0.308 e. The number of benzene rings is 2. The summed E-state index contributed by atoms with van der Waals surface area (Å²) in [4.78, 5) is 51.5. The summed E-state index contributed by atoms with van der Waals surface area (Å²) in [6.07, 6.45) is 0. The Morgan fingerprint density at radius 1 is 0.967 bits per heavy atom. The van der Waals surface area contributed by atoms with Crippen molar-refractivity contribution in [2.75, 3.05) is 4.90 Å². The third-order valence-corrected chi connectivity index (χ3v) is 5.03. The van der Waals surface area contributed by atoms with Crippen LogP contribution in [-0.2, 0) is 16.6 Å². The second-order valence-electron chi connectivity index (χ2n) is 6.41. The molecule has 0 saturated carbocycles. The van der Waals surface area contributed by atoms with E-state index in [1.54, 1.807) is 24.3 Å². The lowest BCUT2D eigenvalue weighted by molar-refractivity contribution is -0.131. The van der Waals surface area contributed by atoms with Gasteiger partial charge in [0.25, 0.3) is 11.5 Å². The zero-order chi connectivity index (χ0) is 22.2. The van der Waals surface area contributed by atoms with Crippen LogP contribution in [0.15, 0.2) is 47.3 Å². The van der Waals surface area contributed by atoms with Crippen molar-refractivity contribution in [3.05, 3.63) is 68.4 Å². The first-order valence-corrected chi connectivity index (χ1v) is 9.50. The first-order valence-electron chi connectivity index (χ1n) is 8.74. The van der Waals surface area contributed by atoms with Gasteiger partial charge in [0.2, 0.25) is 5.91 Å². The first-order chi connectivity index (χ1) is 14.1. The van der Waals surface area contributed by atoms with Gasteiger partial charge in [-0.2, -0.15) is 0 Å². The van der Waals surface area contributed by atoms with E-state index < -0.39 is 28.9 Å². The van der Waals surface area contributed by atoms with Crippen molar-refractivity contribution in [1.82, 2.24) is 4.57 Å². The SMILES string of the molecule is CC(=O)Oc1c(C(=O)N(C(C)=O)c2ccccc2Cl)c(=O)n(C)c2cccc(Cl)c12. The molecule has 0 saturated heterocycles. The Morgan fingerprint density at radius 3 is 2.20 bits per heavy atom. The molecule has 7 nitrogen and oxygen atoms in total. The number of hydrogen-bond donors (Lipinski definition) is 0. The Bertz CT molecular complexity index is 1270. The van der Waals surface area contributed by atoms with Gasteiger partial charge in [-0.05, 0) is 24.3 Å². The van der Waals surface area contributed by atoms with E-state index in [-0.39, 0.29) is 26.9 Å². The number of ether oxygens (including phenoxy) is 1. The summed E-state index contributed by atoms with van der Waals surface area (Å²) in [7, 11) is 1.45. The van der Waals surface area contributed by atoms with Crippen LogP contribution in [0, 0.1) is 0 Å². The molecule has 0 aliphatic carbocycles. The number of anilines is 1. The molecule has 0 atom stereocenters. The number of pyridine rings is 1. The molecule has 30 heavy (non-hydrogen) atoms. The van der Waals surface area contributed by atoms with Gasteiger partial charge in [-0.3, -0.25) is 19.2 Å². The predicted molar refractivity (Wildman–Crippen MR) is 114 cm³/mol. The van der Waals surface area contributed by atoms with E-state index >= 15 is 0 Å². The molecule has 0 aliphatic heterocycles. The van der Waals surface area contributed by atoms with Crippen molar-refractivity contribution in [2.45, 2.75) is 13.8 Å². The van der Waals surface area contributed by atoms with Crippen molar-refractivity contribution >= 4 is 57.6 Å². The number of carbonyl (C=O) groups excluding carboxylic acids is 3. The molecule has 1 heterocycles. The van der Waals surface area contributed by atoms with Crippen LogP contribution < -0.4 is 15.2 Å². The normalized spacial score (nSPS) is 10.7. The predicted octanol–water partition coefficient (Wildman–Crippen LogP) is 3.96. The van der Waals surface area contributed by atoms with Gasteiger partial charge in [0.15, 0.2) is 5.75 Å². The van der Waals surface area contributed by atoms with Crippen LogP contribution in [0.1, 0.15) is 24.2 Å². The molecule has 0 fully saturated rings. The lowest BCUT2D eigenvalue weighted by Gasteiger charge is -2.22. The number of nitrogens with zero attached hydrogens (tertiary/aromatic N) is 2. The molecule has 0 radical (unpaired) electrons. The topological polar surface area (TPSA) is 85.7 Å². The van der Waals surface area contributed by atoms with Gasteiger partial charge >= 0.3 is 5.97 Å². The van der Waals surface area contributed by atoms with Gasteiger partial charge in [0.05, 0.1) is 26.6 Å². The minimum atomic E-state index is -0.991. The van der Waals surface area contributed by atoms with Gasteiger partial charge < -0.3 is 9.30 Å². The molecule has 1 aromatic heterocycles. The fourth-order valence-corrected chi connectivity index (χ4v) is 3.59. The van der Waals surface area contributed by atoms with Gasteiger partial charge in [0, 0.05) is 20.9 Å². The van der Waals surface area contributed by atoms with Crippen LogP contribution in [0.25, 0.3) is 10.9 Å². The highest BCUT2D eigenvalue weighted by molar-refractivity contribution is 6.37. The third kappa shape index (κ3) is 3.69. The van der Waals surface area contributed by atoms with Crippen LogP contribution in [-0.4, -0.2) is 22.4 Å². The molecular weight excluding hydrogens is 431 g/mol. The summed E-state index contributed by atoms with van der Waals surface area (Å²) in [5, 5.41) is 0.494. The van der Waals surface area contributed by atoms with Gasteiger partial charge in [0.1, 0.15) is 5.56 Å². The lowest BCUT2D eigenvalue weighted by atomic mass is 10.1. The van der Waals surface area contributed by atoms with Crippen LogP contribution in [0.5, 0.6) is 5.75 Å². The highest BCUT2D eigenvalue weighted by atomic mass is 35.5. The lowest BCUT2D eigenvalue weighted by Crippen LogP contribution is -2.40. The van der Waals surface area contributed by atoms with Crippen molar-refractivity contribution in [3.8, 4) is 5.75 Å². The highest BCUT2D eigenvalue weighted by Gasteiger charge is 2.32. The van der Waals surface area contributed by atoms with Crippen molar-refractivity contribution in [1.29, 1.82) is 0 Å². The second kappa shape index (κ2) is 8.30. The van der Waals surface area contributed by atoms with Crippen LogP contribution >= 0.6 is 23.2 Å². The Balaban J connectivity index is 2.40. The molecule has 0 unspecified atom stereocenters. The van der Waals surface area contributed by atoms with Crippen LogP contribution in [0.4, 0.5) is 5.69 Å². The van der Waals surface area contributed by atoms with E-state index in [2.05, 4.69) is 0 Å². The number of aryl methyl sites for hydroxylation is 1. The van der Waals surface area contributed by atoms with Gasteiger partial charge in [-0.25, -0.2) is 4.90 Å². The number of amides is 2. The monoisotopic (exact) mass is 446 g/mol. The smallest absolute Gasteiger partial charge is 0.308 e. The quantitative estimate of drug-likeness (QED) is 0.568. The molecule has 0 bridgehead atoms. The van der Waals surface area contributed by atoms with Crippen LogP contribution in [0.3, 0.4) is 0 Å². The minimum Gasteiger partial charge on any atom is -0.425 e.